The molecule has 2 N–H and O–H groups in total. The van der Waals surface area contributed by atoms with Crippen molar-refractivity contribution in [2.75, 3.05) is 0 Å². The number of nitrogens with zero attached hydrogens (tertiary/aromatic N) is 2. The first-order chi connectivity index (χ1) is 13.8. The number of fused-ring (bicyclic) bond motifs is 1. The molecule has 152 valence electrons. The molecule has 0 spiro atoms. The van der Waals surface area contributed by atoms with Gasteiger partial charge in [0.05, 0.1) is 29.3 Å². The summed E-state index contributed by atoms with van der Waals surface area (Å²) in [4.78, 5) is 44.5. The lowest BCUT2D eigenvalue weighted by molar-refractivity contribution is -0.125. The summed E-state index contributed by atoms with van der Waals surface area (Å²) in [5.74, 6) is -2.37. The first kappa shape index (κ1) is 20.4. The third-order valence-corrected chi connectivity index (χ3v) is 4.46. The Morgan fingerprint density at radius 1 is 1.24 bits per heavy atom. The van der Waals surface area contributed by atoms with E-state index in [1.807, 2.05) is 13.8 Å². The van der Waals surface area contributed by atoms with Gasteiger partial charge in [0.15, 0.2) is 0 Å². The molecule has 0 saturated carbocycles. The number of halogens is 2. The third-order valence-electron chi connectivity index (χ3n) is 4.46. The van der Waals surface area contributed by atoms with Gasteiger partial charge >= 0.3 is 5.69 Å². The van der Waals surface area contributed by atoms with Crippen LogP contribution in [0.2, 0.25) is 0 Å². The molecule has 0 bridgehead atoms. The Bertz CT molecular complexity index is 1170. The SMILES string of the molecule is CC(C)C[C@@H](C(=O)NCc1ncc(F)cc1F)n1c(=O)[nH]c2ccccc2c1=O. The minimum atomic E-state index is -1.10. The van der Waals surface area contributed by atoms with Gasteiger partial charge in [-0.3, -0.25) is 14.6 Å². The molecule has 3 aromatic rings. The first-order valence-corrected chi connectivity index (χ1v) is 9.09. The van der Waals surface area contributed by atoms with Gasteiger partial charge in [-0.05, 0) is 24.5 Å². The number of rotatable bonds is 6. The Morgan fingerprint density at radius 3 is 2.66 bits per heavy atom. The second-order valence-corrected chi connectivity index (χ2v) is 7.10. The highest BCUT2D eigenvalue weighted by molar-refractivity contribution is 5.81. The maximum Gasteiger partial charge on any atom is 0.329 e. The van der Waals surface area contributed by atoms with Gasteiger partial charge in [0.1, 0.15) is 17.7 Å². The van der Waals surface area contributed by atoms with Crippen molar-refractivity contribution in [1.29, 1.82) is 0 Å². The molecule has 0 fully saturated rings. The van der Waals surface area contributed by atoms with E-state index < -0.39 is 34.8 Å². The van der Waals surface area contributed by atoms with Gasteiger partial charge in [0.2, 0.25) is 5.91 Å². The van der Waals surface area contributed by atoms with E-state index in [1.165, 1.54) is 0 Å². The number of aromatic nitrogens is 3. The first-order valence-electron chi connectivity index (χ1n) is 9.09. The number of hydrogen-bond acceptors (Lipinski definition) is 4. The molecule has 0 aliphatic carbocycles. The number of para-hydroxylation sites is 1. The molecule has 0 radical (unpaired) electrons. The lowest BCUT2D eigenvalue weighted by atomic mass is 10.0. The largest absolute Gasteiger partial charge is 0.349 e. The number of carbonyl (C=O) groups is 1. The lowest BCUT2D eigenvalue weighted by Gasteiger charge is -2.20. The smallest absolute Gasteiger partial charge is 0.329 e. The van der Waals surface area contributed by atoms with Crippen LogP contribution in [0.25, 0.3) is 10.9 Å². The molecule has 2 aromatic heterocycles. The number of pyridine rings is 1. The van der Waals surface area contributed by atoms with Crippen LogP contribution in [-0.4, -0.2) is 20.4 Å². The highest BCUT2D eigenvalue weighted by atomic mass is 19.1. The number of hydrogen-bond donors (Lipinski definition) is 2. The van der Waals surface area contributed by atoms with Crippen LogP contribution in [0.15, 0.2) is 46.1 Å². The zero-order valence-corrected chi connectivity index (χ0v) is 15.9. The summed E-state index contributed by atoms with van der Waals surface area (Å²) < 4.78 is 27.6. The topological polar surface area (TPSA) is 96.8 Å². The number of amides is 1. The molecule has 1 atom stereocenters. The summed E-state index contributed by atoms with van der Waals surface area (Å²) in [7, 11) is 0. The monoisotopic (exact) mass is 402 g/mol. The van der Waals surface area contributed by atoms with Gasteiger partial charge in [-0.1, -0.05) is 26.0 Å². The summed E-state index contributed by atoms with van der Waals surface area (Å²) in [6.07, 6.45) is 1.06. The number of aromatic amines is 1. The van der Waals surface area contributed by atoms with Gasteiger partial charge < -0.3 is 10.3 Å². The Labute approximate surface area is 164 Å². The number of nitrogens with one attached hydrogen (secondary N) is 2. The fourth-order valence-corrected chi connectivity index (χ4v) is 3.10. The van der Waals surface area contributed by atoms with Crippen LogP contribution in [0.1, 0.15) is 32.0 Å². The molecule has 0 unspecified atom stereocenters. The molecular weight excluding hydrogens is 382 g/mol. The molecule has 1 aromatic carbocycles. The molecule has 1 amide bonds. The summed E-state index contributed by atoms with van der Waals surface area (Å²) in [6.45, 7) is 3.39. The zero-order valence-electron chi connectivity index (χ0n) is 15.9. The molecule has 0 aliphatic heterocycles. The summed E-state index contributed by atoms with van der Waals surface area (Å²) >= 11 is 0. The minimum Gasteiger partial charge on any atom is -0.349 e. The summed E-state index contributed by atoms with van der Waals surface area (Å²) in [6, 6.07) is 6.07. The number of carbonyl (C=O) groups excluding carboxylic acids is 1. The molecule has 7 nitrogen and oxygen atoms in total. The quantitative estimate of drug-likeness (QED) is 0.661. The Hall–Kier alpha value is -3.36. The molecule has 29 heavy (non-hydrogen) atoms. The molecular formula is C20H20F2N4O3. The van der Waals surface area contributed by atoms with Crippen molar-refractivity contribution in [3.05, 3.63) is 74.7 Å². The lowest BCUT2D eigenvalue weighted by Crippen LogP contribution is -2.45. The van der Waals surface area contributed by atoms with Crippen LogP contribution in [0.5, 0.6) is 0 Å². The normalized spacial score (nSPS) is 12.3. The molecule has 3 rings (SSSR count). The van der Waals surface area contributed by atoms with Gasteiger partial charge in [0.25, 0.3) is 5.56 Å². The molecule has 9 heteroatoms. The van der Waals surface area contributed by atoms with Gasteiger partial charge in [-0.25, -0.2) is 18.1 Å². The van der Waals surface area contributed by atoms with Crippen molar-refractivity contribution in [3.8, 4) is 0 Å². The molecule has 0 saturated heterocycles. The van der Waals surface area contributed by atoms with E-state index in [0.29, 0.717) is 11.6 Å². The van der Waals surface area contributed by atoms with Gasteiger partial charge in [0, 0.05) is 6.07 Å². The van der Waals surface area contributed by atoms with E-state index in [9.17, 15) is 23.2 Å². The second kappa shape index (κ2) is 8.34. The highest BCUT2D eigenvalue weighted by Gasteiger charge is 2.26. The van der Waals surface area contributed by atoms with E-state index in [2.05, 4.69) is 15.3 Å². The third kappa shape index (κ3) is 4.39. The van der Waals surface area contributed by atoms with E-state index in [1.54, 1.807) is 24.3 Å². The van der Waals surface area contributed by atoms with E-state index >= 15 is 0 Å². The number of benzene rings is 1. The van der Waals surface area contributed by atoms with Crippen molar-refractivity contribution in [3.63, 3.8) is 0 Å². The predicted octanol–water partition coefficient (Wildman–Crippen LogP) is 2.27. The summed E-state index contributed by atoms with van der Waals surface area (Å²) in [5.41, 5.74) is -1.07. The van der Waals surface area contributed by atoms with Crippen LogP contribution in [-0.2, 0) is 11.3 Å². The molecule has 0 aliphatic rings. The Kier molecular flexibility index (Phi) is 5.86. The van der Waals surface area contributed by atoms with Crippen LogP contribution in [0.4, 0.5) is 8.78 Å². The van der Waals surface area contributed by atoms with E-state index in [-0.39, 0.29) is 30.0 Å². The van der Waals surface area contributed by atoms with Crippen molar-refractivity contribution in [2.24, 2.45) is 5.92 Å². The highest BCUT2D eigenvalue weighted by Crippen LogP contribution is 2.16. The minimum absolute atomic E-state index is 0.01000. The fraction of sp³-hybridized carbons (Fsp3) is 0.300. The zero-order chi connectivity index (χ0) is 21.1. The Balaban J connectivity index is 1.96. The van der Waals surface area contributed by atoms with E-state index in [4.69, 9.17) is 0 Å². The van der Waals surface area contributed by atoms with Crippen LogP contribution >= 0.6 is 0 Å². The van der Waals surface area contributed by atoms with Crippen molar-refractivity contribution >= 4 is 16.8 Å². The van der Waals surface area contributed by atoms with Crippen molar-refractivity contribution in [2.45, 2.75) is 32.9 Å². The van der Waals surface area contributed by atoms with E-state index in [0.717, 1.165) is 10.8 Å². The standard InChI is InChI=1S/C20H20F2N4O3/c1-11(2)7-17(18(27)24-10-16-14(22)8-12(21)9-23-16)26-19(28)13-5-3-4-6-15(13)25-20(26)29/h3-6,8-9,11,17H,7,10H2,1-2H3,(H,24,27)(H,25,29)/t17-/m0/s1. The van der Waals surface area contributed by atoms with Crippen LogP contribution < -0.4 is 16.6 Å². The summed E-state index contributed by atoms with van der Waals surface area (Å²) in [5, 5.41) is 2.77. The van der Waals surface area contributed by atoms with Crippen LogP contribution in [0, 0.1) is 17.6 Å². The maximum absolute atomic E-state index is 13.8. The van der Waals surface area contributed by atoms with Gasteiger partial charge in [-0.2, -0.15) is 0 Å². The second-order valence-electron chi connectivity index (χ2n) is 7.10. The Morgan fingerprint density at radius 2 is 1.97 bits per heavy atom. The average Bonchev–Trinajstić information content (AvgIpc) is 2.66. The maximum atomic E-state index is 13.8. The van der Waals surface area contributed by atoms with Crippen LogP contribution in [0.3, 0.4) is 0 Å². The van der Waals surface area contributed by atoms with Crippen molar-refractivity contribution < 1.29 is 13.6 Å². The fourth-order valence-electron chi connectivity index (χ4n) is 3.10. The molecule has 2 heterocycles. The average molecular weight is 402 g/mol. The number of H-pyrrole nitrogens is 1. The van der Waals surface area contributed by atoms with Gasteiger partial charge in [-0.15, -0.1) is 0 Å². The predicted molar refractivity (Wildman–Crippen MR) is 103 cm³/mol. The van der Waals surface area contributed by atoms with Crippen molar-refractivity contribution in [1.82, 2.24) is 19.9 Å².